The predicted molar refractivity (Wildman–Crippen MR) is 74.3 cm³/mol. The van der Waals surface area contributed by atoms with E-state index in [4.69, 9.17) is 16.3 Å². The van der Waals surface area contributed by atoms with Gasteiger partial charge in [-0.1, -0.05) is 18.2 Å². The molecule has 0 heterocycles. The van der Waals surface area contributed by atoms with Crippen LogP contribution in [-0.4, -0.2) is 6.26 Å². The van der Waals surface area contributed by atoms with Gasteiger partial charge in [0, 0.05) is 10.8 Å². The van der Waals surface area contributed by atoms with E-state index in [1.807, 2.05) is 48.7 Å². The summed E-state index contributed by atoms with van der Waals surface area (Å²) in [6.45, 7) is 0. The van der Waals surface area contributed by atoms with Crippen LogP contribution in [0.2, 0.25) is 0 Å². The minimum absolute atomic E-state index is 0.530. The lowest BCUT2D eigenvalue weighted by atomic mass is 10.2. The second-order valence-corrected chi connectivity index (χ2v) is 4.71. The number of rotatable bonds is 4. The average Bonchev–Trinajstić information content (AvgIpc) is 2.40. The van der Waals surface area contributed by atoms with Gasteiger partial charge in [-0.05, 0) is 42.2 Å². The minimum Gasteiger partial charge on any atom is -0.457 e. The fourth-order valence-electron chi connectivity index (χ4n) is 1.45. The Kier molecular flexibility index (Phi) is 4.35. The molecule has 0 spiro atoms. The smallest absolute Gasteiger partial charge is 0.128 e. The first-order valence-electron chi connectivity index (χ1n) is 5.28. The first-order chi connectivity index (χ1) is 8.31. The van der Waals surface area contributed by atoms with Crippen molar-refractivity contribution in [1.29, 1.82) is 0 Å². The Balaban J connectivity index is 2.13. The SMILES string of the molecule is CSc1cccc(Oc2ccc(CCl)cc2)c1. The molecular formula is C14H13ClOS. The van der Waals surface area contributed by atoms with Gasteiger partial charge >= 0.3 is 0 Å². The highest BCUT2D eigenvalue weighted by Gasteiger charge is 1.99. The quantitative estimate of drug-likeness (QED) is 0.571. The van der Waals surface area contributed by atoms with E-state index in [2.05, 4.69) is 6.07 Å². The minimum atomic E-state index is 0.530. The van der Waals surface area contributed by atoms with E-state index in [1.54, 1.807) is 11.8 Å². The summed E-state index contributed by atoms with van der Waals surface area (Å²) in [6.07, 6.45) is 2.05. The molecule has 1 nitrogen and oxygen atoms in total. The highest BCUT2D eigenvalue weighted by atomic mass is 35.5. The van der Waals surface area contributed by atoms with Crippen LogP contribution in [-0.2, 0) is 5.88 Å². The lowest BCUT2D eigenvalue weighted by Crippen LogP contribution is -1.85. The van der Waals surface area contributed by atoms with Crippen LogP contribution in [0, 0.1) is 0 Å². The fourth-order valence-corrected chi connectivity index (χ4v) is 2.07. The topological polar surface area (TPSA) is 9.23 Å². The van der Waals surface area contributed by atoms with E-state index in [1.165, 1.54) is 4.90 Å². The molecule has 0 unspecified atom stereocenters. The van der Waals surface area contributed by atoms with Gasteiger partial charge in [-0.15, -0.1) is 23.4 Å². The third-order valence-electron chi connectivity index (χ3n) is 2.35. The van der Waals surface area contributed by atoms with Crippen LogP contribution in [0.3, 0.4) is 0 Å². The number of hydrogen-bond donors (Lipinski definition) is 0. The number of hydrogen-bond acceptors (Lipinski definition) is 2. The van der Waals surface area contributed by atoms with Crippen LogP contribution in [0.15, 0.2) is 53.4 Å². The summed E-state index contributed by atoms with van der Waals surface area (Å²) >= 11 is 7.44. The summed E-state index contributed by atoms with van der Waals surface area (Å²) in [5.41, 5.74) is 1.09. The Bertz CT molecular complexity index is 482. The second-order valence-electron chi connectivity index (χ2n) is 3.56. The number of alkyl halides is 1. The van der Waals surface area contributed by atoms with Gasteiger partial charge in [-0.2, -0.15) is 0 Å². The van der Waals surface area contributed by atoms with Crippen molar-refractivity contribution in [3.8, 4) is 11.5 Å². The third-order valence-corrected chi connectivity index (χ3v) is 3.39. The van der Waals surface area contributed by atoms with Gasteiger partial charge in [0.25, 0.3) is 0 Å². The molecule has 0 N–H and O–H groups in total. The van der Waals surface area contributed by atoms with Gasteiger partial charge in [0.05, 0.1) is 0 Å². The highest BCUT2D eigenvalue weighted by molar-refractivity contribution is 7.98. The zero-order valence-corrected chi connectivity index (χ0v) is 11.1. The lowest BCUT2D eigenvalue weighted by molar-refractivity contribution is 0.481. The Morgan fingerprint density at radius 1 is 1.06 bits per heavy atom. The molecule has 0 aromatic heterocycles. The summed E-state index contributed by atoms with van der Waals surface area (Å²) in [5.74, 6) is 2.22. The van der Waals surface area contributed by atoms with E-state index in [-0.39, 0.29) is 0 Å². The van der Waals surface area contributed by atoms with Crippen molar-refractivity contribution < 1.29 is 4.74 Å². The molecule has 0 saturated heterocycles. The fraction of sp³-hybridized carbons (Fsp3) is 0.143. The normalized spacial score (nSPS) is 10.2. The number of ether oxygens (including phenoxy) is 1. The molecule has 0 saturated carbocycles. The maximum Gasteiger partial charge on any atom is 0.128 e. The predicted octanol–water partition coefficient (Wildman–Crippen LogP) is 4.94. The Morgan fingerprint density at radius 3 is 2.47 bits per heavy atom. The van der Waals surface area contributed by atoms with Gasteiger partial charge in [0.15, 0.2) is 0 Å². The molecule has 0 fully saturated rings. The average molecular weight is 265 g/mol. The van der Waals surface area contributed by atoms with Crippen LogP contribution >= 0.6 is 23.4 Å². The molecular weight excluding hydrogens is 252 g/mol. The summed E-state index contributed by atoms with van der Waals surface area (Å²) in [6, 6.07) is 15.9. The van der Waals surface area contributed by atoms with Gasteiger partial charge < -0.3 is 4.74 Å². The van der Waals surface area contributed by atoms with Crippen molar-refractivity contribution in [2.45, 2.75) is 10.8 Å². The van der Waals surface area contributed by atoms with E-state index in [0.717, 1.165) is 17.1 Å². The standard InChI is InChI=1S/C14H13ClOS/c1-17-14-4-2-3-13(9-14)16-12-7-5-11(10-15)6-8-12/h2-9H,10H2,1H3. The number of benzene rings is 2. The number of halogens is 1. The van der Waals surface area contributed by atoms with Gasteiger partial charge in [0.1, 0.15) is 11.5 Å². The molecule has 2 aromatic carbocycles. The molecule has 0 aliphatic carbocycles. The first-order valence-corrected chi connectivity index (χ1v) is 7.04. The summed E-state index contributed by atoms with van der Waals surface area (Å²) in [5, 5.41) is 0. The summed E-state index contributed by atoms with van der Waals surface area (Å²) in [7, 11) is 0. The molecule has 0 radical (unpaired) electrons. The molecule has 17 heavy (non-hydrogen) atoms. The number of thioether (sulfide) groups is 1. The van der Waals surface area contributed by atoms with Crippen molar-refractivity contribution in [3.63, 3.8) is 0 Å². The molecule has 0 aliphatic heterocycles. The van der Waals surface area contributed by atoms with Crippen LogP contribution < -0.4 is 4.74 Å². The van der Waals surface area contributed by atoms with Crippen LogP contribution in [0.4, 0.5) is 0 Å². The molecule has 0 amide bonds. The van der Waals surface area contributed by atoms with Crippen molar-refractivity contribution in [3.05, 3.63) is 54.1 Å². The molecule has 2 aromatic rings. The third kappa shape index (κ3) is 3.42. The zero-order valence-electron chi connectivity index (χ0n) is 9.52. The van der Waals surface area contributed by atoms with Gasteiger partial charge in [-0.25, -0.2) is 0 Å². The maximum absolute atomic E-state index is 5.76. The summed E-state index contributed by atoms with van der Waals surface area (Å²) < 4.78 is 5.76. The van der Waals surface area contributed by atoms with Crippen LogP contribution in [0.25, 0.3) is 0 Å². The van der Waals surface area contributed by atoms with Crippen molar-refractivity contribution in [1.82, 2.24) is 0 Å². The molecule has 0 atom stereocenters. The van der Waals surface area contributed by atoms with Crippen LogP contribution in [0.5, 0.6) is 11.5 Å². The van der Waals surface area contributed by atoms with Gasteiger partial charge in [-0.3, -0.25) is 0 Å². The monoisotopic (exact) mass is 264 g/mol. The van der Waals surface area contributed by atoms with E-state index in [9.17, 15) is 0 Å². The second kappa shape index (κ2) is 5.99. The molecule has 0 aliphatic rings. The van der Waals surface area contributed by atoms with Crippen molar-refractivity contribution in [2.75, 3.05) is 6.26 Å². The van der Waals surface area contributed by atoms with Crippen LogP contribution in [0.1, 0.15) is 5.56 Å². The van der Waals surface area contributed by atoms with Gasteiger partial charge in [0.2, 0.25) is 0 Å². The molecule has 2 rings (SSSR count). The molecule has 3 heteroatoms. The van der Waals surface area contributed by atoms with E-state index < -0.39 is 0 Å². The van der Waals surface area contributed by atoms with Crippen molar-refractivity contribution >= 4 is 23.4 Å². The van der Waals surface area contributed by atoms with E-state index >= 15 is 0 Å². The Morgan fingerprint density at radius 2 is 1.82 bits per heavy atom. The Labute approximate surface area is 111 Å². The molecule has 0 bridgehead atoms. The zero-order chi connectivity index (χ0) is 12.1. The largest absolute Gasteiger partial charge is 0.457 e. The van der Waals surface area contributed by atoms with Crippen molar-refractivity contribution in [2.24, 2.45) is 0 Å². The maximum atomic E-state index is 5.76. The molecule has 88 valence electrons. The van der Waals surface area contributed by atoms with E-state index in [0.29, 0.717) is 5.88 Å². The highest BCUT2D eigenvalue weighted by Crippen LogP contribution is 2.25. The Hall–Kier alpha value is -1.12. The summed E-state index contributed by atoms with van der Waals surface area (Å²) in [4.78, 5) is 1.19. The first kappa shape index (κ1) is 12.3. The lowest BCUT2D eigenvalue weighted by Gasteiger charge is -2.07.